The first kappa shape index (κ1) is 19.1. The van der Waals surface area contributed by atoms with E-state index in [1.807, 2.05) is 34.7 Å². The van der Waals surface area contributed by atoms with Crippen molar-refractivity contribution in [1.29, 1.82) is 0 Å². The van der Waals surface area contributed by atoms with Crippen LogP contribution in [0.25, 0.3) is 0 Å². The fourth-order valence-electron chi connectivity index (χ4n) is 1.25. The molecule has 2 saturated heterocycles. The van der Waals surface area contributed by atoms with Crippen molar-refractivity contribution in [3.05, 3.63) is 0 Å². The Morgan fingerprint density at radius 2 is 1.50 bits per heavy atom. The lowest BCUT2D eigenvalue weighted by atomic mass is 10.4. The Morgan fingerprint density at radius 3 is 1.61 bits per heavy atom. The highest BCUT2D eigenvalue weighted by Crippen LogP contribution is 2.04. The molecule has 0 radical (unpaired) electrons. The van der Waals surface area contributed by atoms with Gasteiger partial charge in [0.1, 0.15) is 6.61 Å². The molecule has 0 bridgehead atoms. The summed E-state index contributed by atoms with van der Waals surface area (Å²) in [5.41, 5.74) is 0. The zero-order chi connectivity index (χ0) is 14.6. The third-order valence-corrected chi connectivity index (χ3v) is 2.27. The van der Waals surface area contributed by atoms with Crippen LogP contribution in [-0.4, -0.2) is 55.6 Å². The molecule has 0 N–H and O–H groups in total. The van der Waals surface area contributed by atoms with E-state index < -0.39 is 0 Å². The van der Waals surface area contributed by atoms with Crippen LogP contribution in [-0.2, 0) is 9.53 Å². The first-order valence-corrected chi connectivity index (χ1v) is 6.73. The number of likely N-dealkylation sites (tertiary alicyclic amines) is 1. The van der Waals surface area contributed by atoms with Gasteiger partial charge in [-0.15, -0.1) is 0 Å². The van der Waals surface area contributed by atoms with Gasteiger partial charge in [0.05, 0.1) is 6.54 Å². The van der Waals surface area contributed by atoms with E-state index in [1.54, 1.807) is 16.8 Å². The van der Waals surface area contributed by atoms with Gasteiger partial charge >= 0.3 is 6.09 Å². The fourth-order valence-corrected chi connectivity index (χ4v) is 1.25. The molecule has 2 fully saturated rings. The maximum Gasteiger partial charge on any atom is 0.409 e. The highest BCUT2D eigenvalue weighted by molar-refractivity contribution is 5.77. The van der Waals surface area contributed by atoms with Gasteiger partial charge in [-0.3, -0.25) is 4.79 Å². The van der Waals surface area contributed by atoms with Gasteiger partial charge in [-0.2, -0.15) is 0 Å². The Morgan fingerprint density at radius 1 is 0.944 bits per heavy atom. The molecular weight excluding hydrogens is 232 g/mol. The summed E-state index contributed by atoms with van der Waals surface area (Å²) in [5, 5.41) is 0. The van der Waals surface area contributed by atoms with Crippen LogP contribution in [0.5, 0.6) is 0 Å². The van der Waals surface area contributed by atoms with Gasteiger partial charge in [0, 0.05) is 27.1 Å². The van der Waals surface area contributed by atoms with Crippen LogP contribution in [0.1, 0.15) is 40.5 Å². The Kier molecular flexibility index (Phi) is 12.9. The van der Waals surface area contributed by atoms with Crippen molar-refractivity contribution < 1.29 is 14.3 Å². The standard InChI is InChI=1S/C5H9NO.C4H7NO2.2C2H6/c1-6-4-2-3-5(6)7;1-5-2-3-7-4(5)6;2*1-2/h2-4H2,1H3;2-3H2,1H3;2*1-2H3. The summed E-state index contributed by atoms with van der Waals surface area (Å²) in [6.07, 6.45) is 1.60. The molecule has 0 aromatic heterocycles. The quantitative estimate of drug-likeness (QED) is 0.672. The second-order valence-corrected chi connectivity index (χ2v) is 3.45. The van der Waals surface area contributed by atoms with Crippen LogP contribution in [0.15, 0.2) is 0 Å². The number of hydrogen-bond acceptors (Lipinski definition) is 3. The largest absolute Gasteiger partial charge is 0.448 e. The fraction of sp³-hybridized carbons (Fsp3) is 0.846. The average molecular weight is 260 g/mol. The molecular formula is C13H28N2O3. The van der Waals surface area contributed by atoms with Gasteiger partial charge < -0.3 is 14.5 Å². The second-order valence-electron chi connectivity index (χ2n) is 3.45. The summed E-state index contributed by atoms with van der Waals surface area (Å²) < 4.78 is 4.55. The van der Waals surface area contributed by atoms with Gasteiger partial charge in [0.25, 0.3) is 0 Å². The molecule has 0 aromatic rings. The van der Waals surface area contributed by atoms with Crippen molar-refractivity contribution >= 4 is 12.0 Å². The molecule has 0 aliphatic carbocycles. The monoisotopic (exact) mass is 260 g/mol. The van der Waals surface area contributed by atoms with Crippen LogP contribution in [0.4, 0.5) is 4.79 Å². The minimum atomic E-state index is -0.208. The number of carbonyl (C=O) groups excluding carboxylic acids is 2. The van der Waals surface area contributed by atoms with Crippen LogP contribution in [0.2, 0.25) is 0 Å². The predicted octanol–water partition coefficient (Wildman–Crippen LogP) is 2.36. The number of nitrogens with zero attached hydrogens (tertiary/aromatic N) is 2. The lowest BCUT2D eigenvalue weighted by Crippen LogP contribution is -2.17. The zero-order valence-corrected chi connectivity index (χ0v) is 12.7. The third-order valence-electron chi connectivity index (χ3n) is 2.27. The number of likely N-dealkylation sites (N-methyl/N-ethyl adjacent to an activating group) is 1. The van der Waals surface area contributed by atoms with E-state index in [-0.39, 0.29) is 6.09 Å². The van der Waals surface area contributed by atoms with Crippen molar-refractivity contribution in [2.75, 3.05) is 33.8 Å². The Bertz CT molecular complexity index is 208. The first-order chi connectivity index (χ1) is 8.61. The van der Waals surface area contributed by atoms with E-state index in [0.717, 1.165) is 25.9 Å². The second kappa shape index (κ2) is 12.2. The van der Waals surface area contributed by atoms with Gasteiger partial charge in [0.15, 0.2) is 0 Å². The highest BCUT2D eigenvalue weighted by atomic mass is 16.6. The molecule has 2 rings (SSSR count). The number of hydrogen-bond donors (Lipinski definition) is 0. The molecule has 2 aliphatic rings. The summed E-state index contributed by atoms with van der Waals surface area (Å²) in [6.45, 7) is 10.2. The third kappa shape index (κ3) is 7.92. The summed E-state index contributed by atoms with van der Waals surface area (Å²) in [5.74, 6) is 0.292. The molecule has 2 heterocycles. The molecule has 108 valence electrons. The molecule has 5 nitrogen and oxygen atoms in total. The SMILES string of the molecule is CC.CC.CN1CCCC1=O.CN1CCOC1=O. The molecule has 5 heteroatoms. The van der Waals surface area contributed by atoms with Crippen LogP contribution in [0, 0.1) is 0 Å². The predicted molar refractivity (Wildman–Crippen MR) is 73.5 cm³/mol. The maximum atomic E-state index is 10.5. The molecule has 0 saturated carbocycles. The van der Waals surface area contributed by atoms with E-state index in [1.165, 1.54) is 0 Å². The van der Waals surface area contributed by atoms with Crippen molar-refractivity contribution in [2.24, 2.45) is 0 Å². The Labute approximate surface area is 111 Å². The summed E-state index contributed by atoms with van der Waals surface area (Å²) in [6, 6.07) is 0. The van der Waals surface area contributed by atoms with E-state index >= 15 is 0 Å². The lowest BCUT2D eigenvalue weighted by Gasteiger charge is -2.03. The van der Waals surface area contributed by atoms with E-state index in [0.29, 0.717) is 12.5 Å². The minimum Gasteiger partial charge on any atom is -0.448 e. The molecule has 2 aliphatic heterocycles. The van der Waals surface area contributed by atoms with Crippen LogP contribution < -0.4 is 0 Å². The van der Waals surface area contributed by atoms with Gasteiger partial charge in [-0.1, -0.05) is 27.7 Å². The average Bonchev–Trinajstić information content (AvgIpc) is 2.96. The van der Waals surface area contributed by atoms with Crippen LogP contribution in [0.3, 0.4) is 0 Å². The molecule has 2 amide bonds. The topological polar surface area (TPSA) is 49.9 Å². The summed E-state index contributed by atoms with van der Waals surface area (Å²) in [4.78, 5) is 24.1. The molecule has 0 atom stereocenters. The highest BCUT2D eigenvalue weighted by Gasteiger charge is 2.15. The minimum absolute atomic E-state index is 0.208. The van der Waals surface area contributed by atoms with Gasteiger partial charge in [0.2, 0.25) is 5.91 Å². The van der Waals surface area contributed by atoms with Crippen molar-refractivity contribution in [2.45, 2.75) is 40.5 Å². The maximum absolute atomic E-state index is 10.5. The van der Waals surface area contributed by atoms with E-state index in [9.17, 15) is 9.59 Å². The summed E-state index contributed by atoms with van der Waals surface area (Å²) in [7, 11) is 3.56. The van der Waals surface area contributed by atoms with E-state index in [4.69, 9.17) is 0 Å². The smallest absolute Gasteiger partial charge is 0.409 e. The molecule has 0 unspecified atom stereocenters. The Hall–Kier alpha value is -1.26. The zero-order valence-electron chi connectivity index (χ0n) is 12.7. The van der Waals surface area contributed by atoms with Gasteiger partial charge in [-0.25, -0.2) is 4.79 Å². The number of rotatable bonds is 0. The summed E-state index contributed by atoms with van der Waals surface area (Å²) >= 11 is 0. The normalized spacial score (nSPS) is 16.8. The van der Waals surface area contributed by atoms with Crippen molar-refractivity contribution in [1.82, 2.24) is 9.80 Å². The first-order valence-electron chi connectivity index (χ1n) is 6.73. The van der Waals surface area contributed by atoms with Crippen LogP contribution >= 0.6 is 0 Å². The van der Waals surface area contributed by atoms with E-state index in [2.05, 4.69) is 4.74 Å². The number of amides is 2. The van der Waals surface area contributed by atoms with Crippen molar-refractivity contribution in [3.8, 4) is 0 Å². The molecule has 0 aromatic carbocycles. The number of carbonyl (C=O) groups is 2. The number of ether oxygens (including phenoxy) is 1. The lowest BCUT2D eigenvalue weighted by molar-refractivity contribution is -0.126. The van der Waals surface area contributed by atoms with Crippen molar-refractivity contribution in [3.63, 3.8) is 0 Å². The molecule has 0 spiro atoms. The van der Waals surface area contributed by atoms with Gasteiger partial charge in [-0.05, 0) is 6.42 Å². The Balaban J connectivity index is 0. The molecule has 18 heavy (non-hydrogen) atoms. The number of cyclic esters (lactones) is 1.